The van der Waals surface area contributed by atoms with Crippen molar-refractivity contribution in [2.75, 3.05) is 13.7 Å². The number of rotatable bonds is 2. The Bertz CT molecular complexity index is 2180. The monoisotopic (exact) mass is 683 g/mol. The zero-order valence-electron chi connectivity index (χ0n) is 27.8. The third-order valence-corrected chi connectivity index (χ3v) is 11.1. The first-order chi connectivity index (χ1) is 23.3. The molecule has 8 nitrogen and oxygen atoms in total. The number of carbonyl (C=O) groups is 1. The molecule has 0 amide bonds. The maximum Gasteiger partial charge on any atom is 0.354 e. The number of ether oxygens (including phenoxy) is 2. The van der Waals surface area contributed by atoms with Crippen LogP contribution >= 0.6 is 23.5 Å². The first kappa shape index (κ1) is 32.3. The lowest BCUT2D eigenvalue weighted by molar-refractivity contribution is 0.0589. The molecule has 48 heavy (non-hydrogen) atoms. The molecule has 248 valence electrons. The molecule has 0 spiro atoms. The van der Waals surface area contributed by atoms with Crippen molar-refractivity contribution in [1.29, 1.82) is 0 Å². The average molecular weight is 684 g/mol. The van der Waals surface area contributed by atoms with E-state index >= 15 is 4.39 Å². The summed E-state index contributed by atoms with van der Waals surface area (Å²) in [5.41, 5.74) is 6.94. The number of hydrogen-bond acceptors (Lipinski definition) is 7. The maximum absolute atomic E-state index is 16.1. The van der Waals surface area contributed by atoms with Crippen molar-refractivity contribution in [1.82, 2.24) is 24.1 Å². The van der Waals surface area contributed by atoms with Gasteiger partial charge in [0.1, 0.15) is 17.3 Å². The maximum atomic E-state index is 16.1. The second-order valence-electron chi connectivity index (χ2n) is 12.0. The summed E-state index contributed by atoms with van der Waals surface area (Å²) in [6.45, 7) is 5.26. The molecule has 3 aromatic carbocycles. The van der Waals surface area contributed by atoms with Gasteiger partial charge in [0.2, 0.25) is 0 Å². The highest BCUT2D eigenvalue weighted by atomic mass is 32.2. The fraction of sp³-hybridized carbons (Fsp3) is 0.324. The van der Waals surface area contributed by atoms with E-state index in [0.717, 1.165) is 67.3 Å². The van der Waals surface area contributed by atoms with Crippen LogP contribution in [-0.4, -0.2) is 43.8 Å². The van der Waals surface area contributed by atoms with Crippen LogP contribution in [0.5, 0.6) is 5.75 Å². The molecule has 0 aliphatic carbocycles. The molecule has 6 aromatic rings. The normalized spacial score (nSPS) is 14.1. The van der Waals surface area contributed by atoms with Gasteiger partial charge in [-0.2, -0.15) is 10.2 Å². The summed E-state index contributed by atoms with van der Waals surface area (Å²) in [6, 6.07) is 18.1. The highest BCUT2D eigenvalue weighted by Crippen LogP contribution is 2.41. The van der Waals surface area contributed by atoms with Crippen LogP contribution in [0.1, 0.15) is 52.2 Å². The van der Waals surface area contributed by atoms with Crippen LogP contribution in [0.2, 0.25) is 0 Å². The second kappa shape index (κ2) is 13.4. The molecular formula is C37H38FN5O3S2. The van der Waals surface area contributed by atoms with Crippen LogP contribution in [-0.2, 0) is 49.1 Å². The lowest BCUT2D eigenvalue weighted by Crippen LogP contribution is -2.11. The van der Waals surface area contributed by atoms with Gasteiger partial charge < -0.3 is 14.0 Å². The van der Waals surface area contributed by atoms with Crippen molar-refractivity contribution in [3.8, 4) is 16.9 Å². The highest BCUT2D eigenvalue weighted by molar-refractivity contribution is 7.98. The van der Waals surface area contributed by atoms with Crippen LogP contribution < -0.4 is 4.74 Å². The molecule has 3 aromatic heterocycles. The highest BCUT2D eigenvalue weighted by Gasteiger charge is 2.28. The number of benzene rings is 3. The zero-order chi connectivity index (χ0) is 33.5. The number of aromatic nitrogens is 5. The predicted molar refractivity (Wildman–Crippen MR) is 191 cm³/mol. The summed E-state index contributed by atoms with van der Waals surface area (Å²) < 4.78 is 33.6. The first-order valence-corrected chi connectivity index (χ1v) is 18.3. The van der Waals surface area contributed by atoms with Gasteiger partial charge in [-0.3, -0.25) is 9.36 Å². The number of esters is 1. The van der Waals surface area contributed by atoms with Crippen molar-refractivity contribution in [3.05, 3.63) is 94.4 Å². The van der Waals surface area contributed by atoms with Gasteiger partial charge in [0.25, 0.3) is 0 Å². The smallest absolute Gasteiger partial charge is 0.354 e. The molecule has 0 fully saturated rings. The van der Waals surface area contributed by atoms with E-state index in [1.165, 1.54) is 18.9 Å². The fourth-order valence-corrected chi connectivity index (χ4v) is 8.84. The number of aryl methyl sites for hydroxylation is 5. The van der Waals surface area contributed by atoms with Gasteiger partial charge in [0.15, 0.2) is 0 Å². The number of fused-ring (bicyclic) bond motifs is 8. The van der Waals surface area contributed by atoms with Gasteiger partial charge in [-0.05, 0) is 68.0 Å². The van der Waals surface area contributed by atoms with E-state index in [2.05, 4.69) is 41.9 Å². The van der Waals surface area contributed by atoms with Gasteiger partial charge >= 0.3 is 5.97 Å². The van der Waals surface area contributed by atoms with Crippen molar-refractivity contribution >= 4 is 51.2 Å². The largest absolute Gasteiger partial charge is 0.493 e. The summed E-state index contributed by atoms with van der Waals surface area (Å²) in [5.74, 6) is 2.12. The molecule has 0 atom stereocenters. The van der Waals surface area contributed by atoms with Crippen LogP contribution in [0.25, 0.3) is 32.8 Å². The number of hydrogen-bond donors (Lipinski definition) is 0. The van der Waals surface area contributed by atoms with Gasteiger partial charge in [-0.25, -0.2) is 9.18 Å². The molecule has 0 N–H and O–H groups in total. The Labute approximate surface area is 287 Å². The minimum Gasteiger partial charge on any atom is -0.493 e. The van der Waals surface area contributed by atoms with Crippen LogP contribution in [0.15, 0.2) is 59.5 Å². The van der Waals surface area contributed by atoms with E-state index in [1.54, 1.807) is 34.2 Å². The lowest BCUT2D eigenvalue weighted by Gasteiger charge is -2.13. The number of thioether (sulfide) groups is 2. The van der Waals surface area contributed by atoms with Gasteiger partial charge in [-0.1, -0.05) is 24.3 Å². The third-order valence-electron chi connectivity index (χ3n) is 9.09. The summed E-state index contributed by atoms with van der Waals surface area (Å²) in [6.07, 6.45) is 1.20. The Morgan fingerprint density at radius 1 is 1.02 bits per heavy atom. The fourth-order valence-electron chi connectivity index (χ4n) is 6.91. The first-order valence-electron chi connectivity index (χ1n) is 16.1. The summed E-state index contributed by atoms with van der Waals surface area (Å²) in [5, 5.41) is 12.7. The number of nitrogens with zero attached hydrogens (tertiary/aromatic N) is 5. The van der Waals surface area contributed by atoms with Crippen molar-refractivity contribution in [3.63, 3.8) is 0 Å². The minimum atomic E-state index is -0.453. The van der Waals surface area contributed by atoms with E-state index in [0.29, 0.717) is 47.7 Å². The Morgan fingerprint density at radius 2 is 1.85 bits per heavy atom. The Hall–Kier alpha value is -4.22. The van der Waals surface area contributed by atoms with Gasteiger partial charge in [0, 0.05) is 70.4 Å². The molecule has 1 aliphatic heterocycles. The molecule has 0 unspecified atom stereocenters. The van der Waals surface area contributed by atoms with Crippen molar-refractivity contribution in [2.24, 2.45) is 14.1 Å². The summed E-state index contributed by atoms with van der Waals surface area (Å²) in [7, 11) is 5.10. The molecule has 0 radical (unpaired) electrons. The molecule has 4 heterocycles. The third kappa shape index (κ3) is 5.77. The SMILES string of the molecule is CCn1nc2cc1CSc1cc(c3ccccc3c1)OCCCc1c(C(=O)OC)n(C)c3c(c(F)ccc13)-c1c(C)nn(C)c1CSC2. The summed E-state index contributed by atoms with van der Waals surface area (Å²) in [4.78, 5) is 14.4. The molecular weight excluding hydrogens is 646 g/mol. The standard InChI is InChI=1S/C37H38FN5O3S2/c1-6-43-25-17-24(40-43)19-47-21-31-33(22(2)39-42(31)4)34-30(38)14-13-29-28(36(37(44)45-5)41(3)35(29)34)12-9-15-46-32-18-26(48-20-25)16-23-10-7-8-11-27(23)32/h7-8,10-11,13-14,16-18H,6,9,12,15,19-21H2,1-5H3. The van der Waals surface area contributed by atoms with E-state index < -0.39 is 5.97 Å². The molecule has 1 aliphatic rings. The topological polar surface area (TPSA) is 76.1 Å². The molecule has 0 saturated carbocycles. The summed E-state index contributed by atoms with van der Waals surface area (Å²) >= 11 is 3.51. The van der Waals surface area contributed by atoms with E-state index in [-0.39, 0.29) is 5.82 Å². The molecule has 8 bridgehead atoms. The van der Waals surface area contributed by atoms with Crippen LogP contribution in [0.4, 0.5) is 4.39 Å². The predicted octanol–water partition coefficient (Wildman–Crippen LogP) is 8.23. The second-order valence-corrected chi connectivity index (χ2v) is 14.1. The number of halogens is 1. The number of methoxy groups -OCH3 is 1. The van der Waals surface area contributed by atoms with E-state index in [4.69, 9.17) is 19.7 Å². The average Bonchev–Trinajstić information content (AvgIpc) is 3.71. The Kier molecular flexibility index (Phi) is 9.00. The Balaban J connectivity index is 1.37. The van der Waals surface area contributed by atoms with Crippen molar-refractivity contribution in [2.45, 2.75) is 55.4 Å². The zero-order valence-corrected chi connectivity index (χ0v) is 29.4. The van der Waals surface area contributed by atoms with Crippen LogP contribution in [0.3, 0.4) is 0 Å². The minimum absolute atomic E-state index is 0.356. The molecule has 11 heteroatoms. The van der Waals surface area contributed by atoms with E-state index in [9.17, 15) is 4.79 Å². The van der Waals surface area contributed by atoms with Gasteiger partial charge in [0.05, 0.1) is 36.3 Å². The van der Waals surface area contributed by atoms with E-state index in [1.807, 2.05) is 37.8 Å². The molecule has 7 rings (SSSR count). The lowest BCUT2D eigenvalue weighted by atomic mass is 9.98. The van der Waals surface area contributed by atoms with Crippen LogP contribution in [0, 0.1) is 12.7 Å². The Morgan fingerprint density at radius 3 is 2.67 bits per heavy atom. The molecule has 0 saturated heterocycles. The number of carbonyl (C=O) groups excluding carboxylic acids is 1. The van der Waals surface area contributed by atoms with Crippen molar-refractivity contribution < 1.29 is 18.7 Å². The quantitative estimate of drug-likeness (QED) is 0.170. The van der Waals surface area contributed by atoms with Gasteiger partial charge in [-0.15, -0.1) is 23.5 Å².